The number of hydrogen-bond donors (Lipinski definition) is 0. The maximum atomic E-state index is 5.45. The third kappa shape index (κ3) is 47.5. The Morgan fingerprint density at radius 2 is 0.535 bits per heavy atom. The Hall–Kier alpha value is 0.992. The summed E-state index contributed by atoms with van der Waals surface area (Å²) in [4.78, 5) is 0. The first kappa shape index (κ1) is 48.4. The Kier molecular flexibility index (Phi) is 53.3. The molecule has 9 heteroatoms. The summed E-state index contributed by atoms with van der Waals surface area (Å²) in [6, 6.07) is 0. The van der Waals surface area contributed by atoms with Crippen LogP contribution in [0.4, 0.5) is 0 Å². The van der Waals surface area contributed by atoms with Crippen molar-refractivity contribution in [2.75, 3.05) is 39.6 Å². The molecule has 0 amide bonds. The number of rotatable bonds is 32. The summed E-state index contributed by atoms with van der Waals surface area (Å²) in [5.74, 6) is 0. The minimum atomic E-state index is -1.43. The van der Waals surface area contributed by atoms with Crippen LogP contribution in [0, 0.1) is 0 Å². The van der Waals surface area contributed by atoms with Crippen molar-refractivity contribution in [2.45, 2.75) is 180 Å². The van der Waals surface area contributed by atoms with Gasteiger partial charge in [0.05, 0.1) is 0 Å². The predicted octanol–water partition coefficient (Wildman–Crippen LogP) is 10.8. The van der Waals surface area contributed by atoms with Gasteiger partial charge in [0.2, 0.25) is 0 Å². The van der Waals surface area contributed by atoms with Crippen molar-refractivity contribution >= 4 is 40.2 Å². The fourth-order valence-electron chi connectivity index (χ4n) is 3.55. The summed E-state index contributed by atoms with van der Waals surface area (Å²) in [6.07, 6.45) is 23.9. The quantitative estimate of drug-likeness (QED) is 0.0503. The summed E-state index contributed by atoms with van der Waals surface area (Å²) in [6.45, 7) is 21.5. The van der Waals surface area contributed by atoms with Crippen LogP contribution >= 0.6 is 0 Å². The van der Waals surface area contributed by atoms with Crippen molar-refractivity contribution in [3.8, 4) is 0 Å². The zero-order chi connectivity index (χ0) is 32.5. The van der Waals surface area contributed by atoms with Crippen LogP contribution in [-0.2, 0) is 26.6 Å². The van der Waals surface area contributed by atoms with Gasteiger partial charge < -0.3 is 26.6 Å². The van der Waals surface area contributed by atoms with E-state index >= 15 is 0 Å². The zero-order valence-electron chi connectivity index (χ0n) is 30.3. The van der Waals surface area contributed by atoms with Crippen LogP contribution in [0.5, 0.6) is 0 Å². The van der Waals surface area contributed by atoms with Gasteiger partial charge in [-0.05, 0) is 38.5 Å². The van der Waals surface area contributed by atoms with Crippen molar-refractivity contribution in [3.05, 3.63) is 0 Å². The van der Waals surface area contributed by atoms with Crippen molar-refractivity contribution in [3.63, 3.8) is 0 Å². The van der Waals surface area contributed by atoms with Crippen LogP contribution in [-0.4, -0.2) is 79.8 Å². The van der Waals surface area contributed by atoms with E-state index in [4.69, 9.17) is 26.6 Å². The monoisotopic (exact) mass is 756 g/mol. The average Bonchev–Trinajstić information content (AvgIpc) is 3.03. The molecule has 0 aromatic rings. The number of unbranched alkanes of at least 4 members (excludes halogenated alkanes) is 10. The van der Waals surface area contributed by atoms with Crippen molar-refractivity contribution in [1.29, 1.82) is 0 Å². The molecule has 260 valence electrons. The van der Waals surface area contributed by atoms with Crippen LogP contribution in [0.3, 0.4) is 0 Å². The van der Waals surface area contributed by atoms with E-state index in [2.05, 4.69) is 55.4 Å². The van der Waals surface area contributed by atoms with Gasteiger partial charge >= 0.3 is 140 Å². The van der Waals surface area contributed by atoms with Crippen molar-refractivity contribution < 1.29 is 26.6 Å². The van der Waals surface area contributed by atoms with Crippen LogP contribution in [0.1, 0.15) is 171 Å². The Morgan fingerprint density at radius 1 is 0.302 bits per heavy atom. The van der Waals surface area contributed by atoms with Gasteiger partial charge in [0, 0.05) is 39.6 Å². The molecule has 0 heterocycles. The van der Waals surface area contributed by atoms with E-state index in [9.17, 15) is 0 Å². The molecule has 0 aliphatic rings. The molecule has 0 fully saturated rings. The molecular weight excluding hydrogens is 679 g/mol. The first-order chi connectivity index (χ1) is 21.1. The molecule has 6 nitrogen and oxygen atoms in total. The maximum Gasteiger partial charge on any atom is 0.577 e. The first-order valence-electron chi connectivity index (χ1n) is 18.3. The number of hydrogen-bond acceptors (Lipinski definition) is 6. The molecule has 0 bridgehead atoms. The fourth-order valence-corrected chi connectivity index (χ4v) is 9.84. The second-order valence-electron chi connectivity index (χ2n) is 10.9. The van der Waals surface area contributed by atoms with Gasteiger partial charge in [-0.25, -0.2) is 0 Å². The van der Waals surface area contributed by atoms with Gasteiger partial charge in [-0.15, -0.1) is 0 Å². The molecule has 0 aromatic carbocycles. The zero-order valence-corrected chi connectivity index (χ0v) is 35.2. The molecule has 0 atom stereocenters. The maximum absolute atomic E-state index is 5.45. The molecule has 4 radical (unpaired) electrons. The van der Waals surface area contributed by atoms with E-state index in [-0.39, 0.29) is 21.1 Å². The van der Waals surface area contributed by atoms with E-state index in [0.29, 0.717) is 0 Å². The molecule has 0 aliphatic carbocycles. The second kappa shape index (κ2) is 47.4. The van der Waals surface area contributed by atoms with Crippen LogP contribution < -0.4 is 0 Å². The SMILES string of the molecule is CCCCCCC[CH2][Sn][CH2]CCCCCCC.CCCO[Si](OCCC)OCCC.CCCO[Si](OCCC)OCCC. The van der Waals surface area contributed by atoms with E-state index < -0.39 is 19.1 Å². The summed E-state index contributed by atoms with van der Waals surface area (Å²) < 4.78 is 36.0. The summed E-state index contributed by atoms with van der Waals surface area (Å²) in [5.41, 5.74) is 0. The summed E-state index contributed by atoms with van der Waals surface area (Å²) >= 11 is 0.0736. The van der Waals surface area contributed by atoms with E-state index in [0.717, 1.165) is 78.2 Å². The second-order valence-corrected chi connectivity index (χ2v) is 17.9. The normalized spacial score (nSPS) is 11.0. The molecular formula is C34H76O6Si2Sn. The molecule has 0 aromatic heterocycles. The standard InChI is InChI=1S/2C9H21O3Si.2C8H17.Sn/c2*1-4-7-10-13(11-8-5-2)12-9-6-3;2*1-3-5-7-8-6-4-2;/h2*4-9H2,1-3H3;2*1,3-8H2,2H3;. The van der Waals surface area contributed by atoms with E-state index in [1.165, 1.54) is 64.2 Å². The smallest absolute Gasteiger partial charge is 0.371 e. The third-order valence-corrected chi connectivity index (χ3v) is 12.6. The van der Waals surface area contributed by atoms with Crippen LogP contribution in [0.2, 0.25) is 8.87 Å². The van der Waals surface area contributed by atoms with Gasteiger partial charge in [-0.3, -0.25) is 0 Å². The summed E-state index contributed by atoms with van der Waals surface area (Å²) in [7, 11) is -2.87. The Bertz CT molecular complexity index is 379. The summed E-state index contributed by atoms with van der Waals surface area (Å²) in [5, 5.41) is 0. The Labute approximate surface area is 285 Å². The van der Waals surface area contributed by atoms with E-state index in [1.54, 1.807) is 21.7 Å². The minimum absolute atomic E-state index is 0.0736. The van der Waals surface area contributed by atoms with Crippen LogP contribution in [0.15, 0.2) is 0 Å². The fraction of sp³-hybridized carbons (Fsp3) is 1.00. The van der Waals surface area contributed by atoms with Gasteiger partial charge in [-0.1, -0.05) is 41.5 Å². The van der Waals surface area contributed by atoms with Gasteiger partial charge in [0.15, 0.2) is 0 Å². The van der Waals surface area contributed by atoms with Crippen LogP contribution in [0.25, 0.3) is 0 Å². The van der Waals surface area contributed by atoms with Gasteiger partial charge in [0.1, 0.15) is 0 Å². The van der Waals surface area contributed by atoms with Crippen molar-refractivity contribution in [2.24, 2.45) is 0 Å². The van der Waals surface area contributed by atoms with E-state index in [1.807, 2.05) is 0 Å². The molecule has 0 saturated carbocycles. The molecule has 0 saturated heterocycles. The molecule has 0 N–H and O–H groups in total. The first-order valence-corrected chi connectivity index (χ1v) is 24.8. The largest absolute Gasteiger partial charge is 0.577 e. The molecule has 0 unspecified atom stereocenters. The molecule has 0 aliphatic heterocycles. The van der Waals surface area contributed by atoms with Gasteiger partial charge in [-0.2, -0.15) is 0 Å². The molecule has 0 rings (SSSR count). The molecule has 0 spiro atoms. The Balaban J connectivity index is -0.000000566. The Morgan fingerprint density at radius 3 is 0.767 bits per heavy atom. The predicted molar refractivity (Wildman–Crippen MR) is 191 cm³/mol. The third-order valence-electron chi connectivity index (χ3n) is 5.96. The van der Waals surface area contributed by atoms with Gasteiger partial charge in [0.25, 0.3) is 0 Å². The topological polar surface area (TPSA) is 55.4 Å². The van der Waals surface area contributed by atoms with Crippen molar-refractivity contribution in [1.82, 2.24) is 0 Å². The average molecular weight is 756 g/mol. The molecule has 43 heavy (non-hydrogen) atoms. The minimum Gasteiger partial charge on any atom is -0.371 e.